The zero-order chi connectivity index (χ0) is 17.6. The maximum Gasteiger partial charge on any atom is 0.311 e. The van der Waals surface area contributed by atoms with Crippen molar-refractivity contribution in [2.75, 3.05) is 19.6 Å². The van der Waals surface area contributed by atoms with Gasteiger partial charge in [0.25, 0.3) is 0 Å². The first-order chi connectivity index (χ1) is 12.1. The van der Waals surface area contributed by atoms with Crippen molar-refractivity contribution in [2.45, 2.75) is 38.5 Å². The molecule has 0 saturated carbocycles. The van der Waals surface area contributed by atoms with Crippen LogP contribution in [0.4, 0.5) is 0 Å². The number of ether oxygens (including phenoxy) is 1. The van der Waals surface area contributed by atoms with Crippen molar-refractivity contribution in [3.05, 3.63) is 30.0 Å². The van der Waals surface area contributed by atoms with Gasteiger partial charge in [0.2, 0.25) is 0 Å². The number of hydrogen-bond acceptors (Lipinski definition) is 4. The van der Waals surface area contributed by atoms with Crippen LogP contribution in [0.1, 0.15) is 37.7 Å². The van der Waals surface area contributed by atoms with Crippen LogP contribution in [-0.4, -0.2) is 46.6 Å². The second kappa shape index (κ2) is 8.16. The van der Waals surface area contributed by atoms with Crippen LogP contribution < -0.4 is 4.74 Å². The zero-order valence-corrected chi connectivity index (χ0v) is 14.3. The minimum absolute atomic E-state index is 0.0253. The molecule has 1 fully saturated rings. The van der Waals surface area contributed by atoms with Crippen molar-refractivity contribution in [1.29, 1.82) is 0 Å². The lowest BCUT2D eigenvalue weighted by molar-refractivity contribution is -0.137. The molecule has 1 saturated heterocycles. The first kappa shape index (κ1) is 17.5. The quantitative estimate of drug-likeness (QED) is 0.568. The van der Waals surface area contributed by atoms with E-state index in [0.717, 1.165) is 23.9 Å². The lowest BCUT2D eigenvalue weighted by atomic mass is 10.1. The average Bonchev–Trinajstić information content (AvgIpc) is 3.22. The van der Waals surface area contributed by atoms with Gasteiger partial charge in [0, 0.05) is 31.0 Å². The summed E-state index contributed by atoms with van der Waals surface area (Å²) in [4.78, 5) is 28.1. The highest BCUT2D eigenvalue weighted by Gasteiger charge is 2.15. The molecule has 25 heavy (non-hydrogen) atoms. The number of carboxylic acid groups (broad SMARTS) is 1. The molecule has 0 spiro atoms. The molecule has 2 N–H and O–H groups in total. The van der Waals surface area contributed by atoms with Crippen molar-refractivity contribution in [2.24, 2.45) is 0 Å². The topological polar surface area (TPSA) is 82.6 Å². The molecule has 0 aliphatic carbocycles. The van der Waals surface area contributed by atoms with Crippen LogP contribution >= 0.6 is 0 Å². The number of carbonyl (C=O) groups is 2. The molecule has 0 atom stereocenters. The maximum atomic E-state index is 11.9. The number of carboxylic acids is 1. The molecule has 0 unspecified atom stereocenters. The van der Waals surface area contributed by atoms with Crippen LogP contribution in [-0.2, 0) is 16.0 Å². The van der Waals surface area contributed by atoms with Crippen molar-refractivity contribution in [3.8, 4) is 5.75 Å². The number of H-pyrrole nitrogens is 1. The minimum Gasteiger partial charge on any atom is -0.481 e. The van der Waals surface area contributed by atoms with E-state index < -0.39 is 11.9 Å². The Morgan fingerprint density at radius 2 is 2.00 bits per heavy atom. The van der Waals surface area contributed by atoms with Crippen molar-refractivity contribution < 1.29 is 19.4 Å². The number of para-hydroxylation sites is 1. The van der Waals surface area contributed by atoms with Gasteiger partial charge in [-0.2, -0.15) is 0 Å². The Bertz CT molecular complexity index is 747. The van der Waals surface area contributed by atoms with E-state index >= 15 is 0 Å². The van der Waals surface area contributed by atoms with Crippen LogP contribution in [0.25, 0.3) is 10.9 Å². The van der Waals surface area contributed by atoms with E-state index in [0.29, 0.717) is 5.75 Å². The Morgan fingerprint density at radius 3 is 2.76 bits per heavy atom. The molecule has 2 heterocycles. The van der Waals surface area contributed by atoms with Gasteiger partial charge in [-0.3, -0.25) is 9.59 Å². The highest BCUT2D eigenvalue weighted by Crippen LogP contribution is 2.28. The Labute approximate surface area is 146 Å². The van der Waals surface area contributed by atoms with Crippen molar-refractivity contribution >= 4 is 22.8 Å². The Kier molecular flexibility index (Phi) is 5.71. The zero-order valence-electron chi connectivity index (χ0n) is 14.3. The predicted octanol–water partition coefficient (Wildman–Crippen LogP) is 2.97. The summed E-state index contributed by atoms with van der Waals surface area (Å²) in [6, 6.07) is 5.68. The number of aliphatic carboxylic acids is 1. The average molecular weight is 344 g/mol. The molecule has 3 rings (SSSR count). The summed E-state index contributed by atoms with van der Waals surface area (Å²) in [5, 5.41) is 9.71. The molecular formula is C19H24N2O4. The lowest BCUT2D eigenvalue weighted by Crippen LogP contribution is -2.21. The number of fused-ring (bicyclic) bond motifs is 1. The van der Waals surface area contributed by atoms with E-state index in [-0.39, 0.29) is 19.3 Å². The molecule has 1 aromatic heterocycles. The molecule has 0 amide bonds. The molecule has 6 nitrogen and oxygen atoms in total. The van der Waals surface area contributed by atoms with Crippen molar-refractivity contribution in [1.82, 2.24) is 9.88 Å². The molecule has 2 aromatic rings. The van der Waals surface area contributed by atoms with Gasteiger partial charge in [-0.05, 0) is 50.4 Å². The number of rotatable bonds is 8. The number of nitrogens with one attached hydrogen (secondary N) is 1. The van der Waals surface area contributed by atoms with Crippen LogP contribution in [0.15, 0.2) is 24.4 Å². The number of aromatic amines is 1. The van der Waals surface area contributed by atoms with Gasteiger partial charge >= 0.3 is 11.9 Å². The summed E-state index contributed by atoms with van der Waals surface area (Å²) < 4.78 is 5.43. The normalized spacial score (nSPS) is 14.9. The predicted molar refractivity (Wildman–Crippen MR) is 94.8 cm³/mol. The van der Waals surface area contributed by atoms with Gasteiger partial charge in [0.1, 0.15) is 0 Å². The molecular weight excluding hydrogens is 320 g/mol. The maximum absolute atomic E-state index is 11.9. The highest BCUT2D eigenvalue weighted by molar-refractivity contribution is 5.90. The number of esters is 1. The largest absolute Gasteiger partial charge is 0.481 e. The van der Waals surface area contributed by atoms with E-state index in [1.54, 1.807) is 6.07 Å². The van der Waals surface area contributed by atoms with Crippen LogP contribution in [0, 0.1) is 0 Å². The van der Waals surface area contributed by atoms with E-state index in [1.807, 2.05) is 18.3 Å². The minimum atomic E-state index is -0.901. The third-order valence-electron chi connectivity index (χ3n) is 4.65. The highest BCUT2D eigenvalue weighted by atomic mass is 16.5. The molecule has 0 bridgehead atoms. The van der Waals surface area contributed by atoms with Gasteiger partial charge in [0.15, 0.2) is 5.75 Å². The number of benzene rings is 1. The summed E-state index contributed by atoms with van der Waals surface area (Å²) in [6.07, 6.45) is 5.90. The molecule has 1 aliphatic heterocycles. The molecule has 1 aliphatic rings. The summed E-state index contributed by atoms with van der Waals surface area (Å²) in [6.45, 7) is 3.41. The monoisotopic (exact) mass is 344 g/mol. The smallest absolute Gasteiger partial charge is 0.311 e. The molecule has 1 aromatic carbocycles. The number of nitrogens with zero attached hydrogens (tertiary/aromatic N) is 1. The summed E-state index contributed by atoms with van der Waals surface area (Å²) in [5.41, 5.74) is 2.05. The molecule has 0 radical (unpaired) electrons. The van der Waals surface area contributed by atoms with Gasteiger partial charge in [-0.15, -0.1) is 0 Å². The summed E-state index contributed by atoms with van der Waals surface area (Å²) >= 11 is 0. The van der Waals surface area contributed by atoms with E-state index in [4.69, 9.17) is 9.84 Å². The van der Waals surface area contributed by atoms with E-state index in [1.165, 1.54) is 31.5 Å². The van der Waals surface area contributed by atoms with Gasteiger partial charge in [-0.25, -0.2) is 0 Å². The summed E-state index contributed by atoms with van der Waals surface area (Å²) in [7, 11) is 0. The van der Waals surface area contributed by atoms with Gasteiger partial charge in [-0.1, -0.05) is 12.1 Å². The first-order valence-corrected chi connectivity index (χ1v) is 8.87. The number of carbonyl (C=O) groups excluding carboxylic acids is 1. The molecule has 6 heteroatoms. The SMILES string of the molecule is O=C(O)CCCC(=O)Oc1cccc2c(CCN3CCCC3)c[nH]c12. The van der Waals surface area contributed by atoms with Crippen molar-refractivity contribution in [3.63, 3.8) is 0 Å². The van der Waals surface area contributed by atoms with Crippen LogP contribution in [0.3, 0.4) is 0 Å². The number of hydrogen-bond donors (Lipinski definition) is 2. The Balaban J connectivity index is 1.63. The third-order valence-corrected chi connectivity index (χ3v) is 4.65. The van der Waals surface area contributed by atoms with Gasteiger partial charge < -0.3 is 19.7 Å². The van der Waals surface area contributed by atoms with Crippen LogP contribution in [0.2, 0.25) is 0 Å². The van der Waals surface area contributed by atoms with Gasteiger partial charge in [0.05, 0.1) is 5.52 Å². The third kappa shape index (κ3) is 4.60. The lowest BCUT2D eigenvalue weighted by Gasteiger charge is -2.13. The molecule has 134 valence electrons. The summed E-state index contributed by atoms with van der Waals surface area (Å²) in [5.74, 6) is -0.797. The van der Waals surface area contributed by atoms with E-state index in [9.17, 15) is 9.59 Å². The number of likely N-dealkylation sites (tertiary alicyclic amines) is 1. The Hall–Kier alpha value is -2.34. The fourth-order valence-electron chi connectivity index (χ4n) is 3.32. The number of aromatic nitrogens is 1. The second-order valence-electron chi connectivity index (χ2n) is 6.51. The second-order valence-corrected chi connectivity index (χ2v) is 6.51. The standard InChI is InChI=1S/C19H24N2O4/c22-17(23)7-4-8-18(24)25-16-6-3-5-15-14(13-20-19(15)16)9-12-21-10-1-2-11-21/h3,5-6,13,20H,1-2,4,7-12H2,(H,22,23). The Morgan fingerprint density at radius 1 is 1.20 bits per heavy atom. The fraction of sp³-hybridized carbons (Fsp3) is 0.474. The fourth-order valence-corrected chi connectivity index (χ4v) is 3.32. The van der Waals surface area contributed by atoms with E-state index in [2.05, 4.69) is 9.88 Å². The van der Waals surface area contributed by atoms with Crippen LogP contribution in [0.5, 0.6) is 5.75 Å². The first-order valence-electron chi connectivity index (χ1n) is 8.87.